The molecule has 2 rings (SSSR count). The Bertz CT molecular complexity index is 570. The minimum Gasteiger partial charge on any atom is -0.350 e. The molecule has 0 radical (unpaired) electrons. The van der Waals surface area contributed by atoms with E-state index in [0.717, 1.165) is 11.3 Å². The molecule has 2 aromatic rings. The molecule has 1 aromatic heterocycles. The molecule has 2 atom stereocenters. The summed E-state index contributed by atoms with van der Waals surface area (Å²) in [6.45, 7) is 2.30. The molecule has 0 aliphatic rings. The van der Waals surface area contributed by atoms with E-state index in [1.54, 1.807) is 10.9 Å². The van der Waals surface area contributed by atoms with Crippen LogP contribution in [-0.4, -0.2) is 15.7 Å². The number of hydrogen-bond acceptors (Lipinski definition) is 3. The molecule has 1 amide bonds. The van der Waals surface area contributed by atoms with E-state index in [9.17, 15) is 4.79 Å². The summed E-state index contributed by atoms with van der Waals surface area (Å²) in [7, 11) is 1.85. The van der Waals surface area contributed by atoms with Crippen molar-refractivity contribution in [1.82, 2.24) is 15.1 Å². The highest BCUT2D eigenvalue weighted by molar-refractivity contribution is 5.85. The second kappa shape index (κ2) is 7.81. The van der Waals surface area contributed by atoms with Crippen molar-refractivity contribution >= 4 is 18.3 Å². The maximum atomic E-state index is 12.1. The summed E-state index contributed by atoms with van der Waals surface area (Å²) in [5.41, 5.74) is 8.07. The van der Waals surface area contributed by atoms with Crippen molar-refractivity contribution in [2.45, 2.75) is 19.5 Å². The van der Waals surface area contributed by atoms with E-state index >= 15 is 0 Å². The molecule has 0 saturated heterocycles. The number of halogens is 1. The fourth-order valence-corrected chi connectivity index (χ4v) is 2.04. The summed E-state index contributed by atoms with van der Waals surface area (Å²) in [6, 6.07) is 11.2. The SMILES string of the molecule is CC(C(=O)NCc1ccnn1C)C(N)c1ccccc1.Cl. The van der Waals surface area contributed by atoms with Crippen molar-refractivity contribution in [3.63, 3.8) is 0 Å². The van der Waals surface area contributed by atoms with Crippen LogP contribution in [0.25, 0.3) is 0 Å². The molecule has 6 heteroatoms. The Labute approximate surface area is 130 Å². The molecule has 0 bridgehead atoms. The molecular weight excluding hydrogens is 288 g/mol. The van der Waals surface area contributed by atoms with Crippen molar-refractivity contribution in [3.05, 3.63) is 53.9 Å². The molecule has 0 spiro atoms. The van der Waals surface area contributed by atoms with Gasteiger partial charge in [0.2, 0.25) is 5.91 Å². The zero-order valence-corrected chi connectivity index (χ0v) is 13.0. The number of carbonyl (C=O) groups excluding carboxylic acids is 1. The minimum atomic E-state index is -0.303. The van der Waals surface area contributed by atoms with Crippen LogP contribution in [0.3, 0.4) is 0 Å². The average Bonchev–Trinajstić information content (AvgIpc) is 2.89. The molecule has 21 heavy (non-hydrogen) atoms. The van der Waals surface area contributed by atoms with Gasteiger partial charge < -0.3 is 11.1 Å². The van der Waals surface area contributed by atoms with Crippen LogP contribution in [0.15, 0.2) is 42.6 Å². The smallest absolute Gasteiger partial charge is 0.225 e. The lowest BCUT2D eigenvalue weighted by atomic mass is 9.95. The Morgan fingerprint density at radius 3 is 2.57 bits per heavy atom. The second-order valence-corrected chi connectivity index (χ2v) is 4.89. The van der Waals surface area contributed by atoms with Crippen LogP contribution in [0.4, 0.5) is 0 Å². The Morgan fingerprint density at radius 1 is 1.33 bits per heavy atom. The Kier molecular flexibility index (Phi) is 6.39. The summed E-state index contributed by atoms with van der Waals surface area (Å²) < 4.78 is 1.74. The van der Waals surface area contributed by atoms with Crippen LogP contribution in [0.2, 0.25) is 0 Å². The summed E-state index contributed by atoms with van der Waals surface area (Å²) in [5, 5.41) is 6.96. The van der Waals surface area contributed by atoms with Crippen molar-refractivity contribution in [2.75, 3.05) is 0 Å². The molecule has 5 nitrogen and oxygen atoms in total. The summed E-state index contributed by atoms with van der Waals surface area (Å²) in [5.74, 6) is -0.340. The highest BCUT2D eigenvalue weighted by Crippen LogP contribution is 2.19. The quantitative estimate of drug-likeness (QED) is 0.884. The fraction of sp³-hybridized carbons (Fsp3) is 0.333. The number of amides is 1. The van der Waals surface area contributed by atoms with Crippen LogP contribution in [0, 0.1) is 5.92 Å². The molecule has 1 heterocycles. The lowest BCUT2D eigenvalue weighted by Crippen LogP contribution is -2.35. The molecule has 0 fully saturated rings. The van der Waals surface area contributed by atoms with Gasteiger partial charge >= 0.3 is 0 Å². The normalized spacial score (nSPS) is 13.1. The summed E-state index contributed by atoms with van der Waals surface area (Å²) >= 11 is 0. The Balaban J connectivity index is 0.00000220. The number of carbonyl (C=O) groups is 1. The van der Waals surface area contributed by atoms with E-state index in [2.05, 4.69) is 10.4 Å². The number of aryl methyl sites for hydroxylation is 1. The number of rotatable bonds is 5. The second-order valence-electron chi connectivity index (χ2n) is 4.89. The third-order valence-corrected chi connectivity index (χ3v) is 3.50. The van der Waals surface area contributed by atoms with Gasteiger partial charge in [0.1, 0.15) is 0 Å². The van der Waals surface area contributed by atoms with E-state index in [-0.39, 0.29) is 30.3 Å². The Hall–Kier alpha value is -1.85. The van der Waals surface area contributed by atoms with E-state index < -0.39 is 0 Å². The molecule has 114 valence electrons. The van der Waals surface area contributed by atoms with Gasteiger partial charge in [0.15, 0.2) is 0 Å². The van der Waals surface area contributed by atoms with Crippen molar-refractivity contribution in [3.8, 4) is 0 Å². The first kappa shape index (κ1) is 17.2. The van der Waals surface area contributed by atoms with Gasteiger partial charge in [0, 0.05) is 19.3 Å². The maximum absolute atomic E-state index is 12.1. The molecule has 0 saturated carbocycles. The first-order valence-corrected chi connectivity index (χ1v) is 6.64. The molecular formula is C15H21ClN4O. The van der Waals surface area contributed by atoms with E-state index in [0.29, 0.717) is 6.54 Å². The van der Waals surface area contributed by atoms with Crippen molar-refractivity contribution in [1.29, 1.82) is 0 Å². The van der Waals surface area contributed by atoms with Crippen LogP contribution in [0.5, 0.6) is 0 Å². The highest BCUT2D eigenvalue weighted by Gasteiger charge is 2.21. The lowest BCUT2D eigenvalue weighted by Gasteiger charge is -2.19. The number of aromatic nitrogens is 2. The maximum Gasteiger partial charge on any atom is 0.225 e. The molecule has 0 aliphatic heterocycles. The monoisotopic (exact) mass is 308 g/mol. The van der Waals surface area contributed by atoms with E-state index in [1.165, 1.54) is 0 Å². The van der Waals surface area contributed by atoms with Gasteiger partial charge in [-0.25, -0.2) is 0 Å². The van der Waals surface area contributed by atoms with Crippen molar-refractivity contribution < 1.29 is 4.79 Å². The lowest BCUT2D eigenvalue weighted by molar-refractivity contribution is -0.125. The zero-order chi connectivity index (χ0) is 14.5. The number of nitrogens with two attached hydrogens (primary N) is 1. The van der Waals surface area contributed by atoms with Gasteiger partial charge in [-0.05, 0) is 11.6 Å². The number of benzene rings is 1. The predicted molar refractivity (Wildman–Crippen MR) is 84.8 cm³/mol. The Morgan fingerprint density at radius 2 is 2.00 bits per heavy atom. The first-order chi connectivity index (χ1) is 9.59. The minimum absolute atomic E-state index is 0. The average molecular weight is 309 g/mol. The predicted octanol–water partition coefficient (Wildman–Crippen LogP) is 1.79. The molecule has 3 N–H and O–H groups in total. The van der Waals surface area contributed by atoms with Gasteiger partial charge in [-0.15, -0.1) is 12.4 Å². The topological polar surface area (TPSA) is 72.9 Å². The van der Waals surface area contributed by atoms with Gasteiger partial charge in [-0.1, -0.05) is 37.3 Å². The molecule has 1 aromatic carbocycles. The van der Waals surface area contributed by atoms with Gasteiger partial charge in [-0.2, -0.15) is 5.10 Å². The number of nitrogens with one attached hydrogen (secondary N) is 1. The van der Waals surface area contributed by atoms with Crippen molar-refractivity contribution in [2.24, 2.45) is 18.7 Å². The van der Waals surface area contributed by atoms with E-state index in [4.69, 9.17) is 5.73 Å². The van der Waals surface area contributed by atoms with Gasteiger partial charge in [0.05, 0.1) is 18.2 Å². The largest absolute Gasteiger partial charge is 0.350 e. The third kappa shape index (κ3) is 4.31. The molecule has 2 unspecified atom stereocenters. The third-order valence-electron chi connectivity index (χ3n) is 3.50. The first-order valence-electron chi connectivity index (χ1n) is 6.64. The van der Waals surface area contributed by atoms with Gasteiger partial charge in [-0.3, -0.25) is 9.48 Å². The number of hydrogen-bond donors (Lipinski definition) is 2. The van der Waals surface area contributed by atoms with Gasteiger partial charge in [0.25, 0.3) is 0 Å². The van der Waals surface area contributed by atoms with E-state index in [1.807, 2.05) is 50.4 Å². The standard InChI is InChI=1S/C15H20N4O.ClH/c1-11(14(16)12-6-4-3-5-7-12)15(20)17-10-13-8-9-18-19(13)2;/h3-9,11,14H,10,16H2,1-2H3,(H,17,20);1H. The van der Waals surface area contributed by atoms with Crippen LogP contribution >= 0.6 is 12.4 Å². The number of nitrogens with zero attached hydrogens (tertiary/aromatic N) is 2. The summed E-state index contributed by atoms with van der Waals surface area (Å²) in [4.78, 5) is 12.1. The molecule has 0 aliphatic carbocycles. The highest BCUT2D eigenvalue weighted by atomic mass is 35.5. The van der Waals surface area contributed by atoms with Crippen LogP contribution < -0.4 is 11.1 Å². The summed E-state index contributed by atoms with van der Waals surface area (Å²) in [6.07, 6.45) is 1.71. The van der Waals surface area contributed by atoms with Crippen LogP contribution in [0.1, 0.15) is 24.2 Å². The fourth-order valence-electron chi connectivity index (χ4n) is 2.04. The van der Waals surface area contributed by atoms with Crippen LogP contribution in [-0.2, 0) is 18.4 Å². The zero-order valence-electron chi connectivity index (χ0n) is 12.2.